The number of anilines is 1. The van der Waals surface area contributed by atoms with Crippen LogP contribution >= 0.6 is 0 Å². The molecule has 0 atom stereocenters. The number of pyridine rings is 1. The average molecular weight is 383 g/mol. The zero-order chi connectivity index (χ0) is 20.3. The van der Waals surface area contributed by atoms with Crippen molar-refractivity contribution in [3.05, 3.63) is 57.4 Å². The van der Waals surface area contributed by atoms with Crippen molar-refractivity contribution >= 4 is 23.6 Å². The van der Waals surface area contributed by atoms with Crippen molar-refractivity contribution in [3.8, 4) is 5.69 Å². The van der Waals surface area contributed by atoms with E-state index in [0.717, 1.165) is 36.3 Å². The Balaban J connectivity index is 1.80. The Morgan fingerprint density at radius 3 is 2.46 bits per heavy atom. The van der Waals surface area contributed by atoms with Gasteiger partial charge in [-0.05, 0) is 30.7 Å². The van der Waals surface area contributed by atoms with E-state index in [9.17, 15) is 19.2 Å². The monoisotopic (exact) mass is 383 g/mol. The van der Waals surface area contributed by atoms with E-state index in [1.54, 1.807) is 0 Å². The van der Waals surface area contributed by atoms with Gasteiger partial charge in [-0.1, -0.05) is 26.2 Å². The predicted molar refractivity (Wildman–Crippen MR) is 103 cm³/mol. The molecule has 146 valence electrons. The third kappa shape index (κ3) is 3.66. The number of hydrogen-bond donors (Lipinski definition) is 2. The number of unbranched alkanes of at least 4 members (excludes halogenated alkanes) is 3. The molecule has 0 spiro atoms. The molecule has 2 amide bonds. The summed E-state index contributed by atoms with van der Waals surface area (Å²) in [6.45, 7) is 2.47. The van der Waals surface area contributed by atoms with Crippen molar-refractivity contribution in [3.63, 3.8) is 0 Å². The molecule has 0 fully saturated rings. The van der Waals surface area contributed by atoms with Crippen LogP contribution in [0.4, 0.5) is 5.82 Å². The van der Waals surface area contributed by atoms with Crippen LogP contribution < -0.4 is 16.6 Å². The lowest BCUT2D eigenvalue weighted by Gasteiger charge is -2.12. The van der Waals surface area contributed by atoms with Crippen molar-refractivity contribution in [1.82, 2.24) is 9.88 Å². The second kappa shape index (κ2) is 8.08. The molecule has 0 radical (unpaired) electrons. The number of esters is 1. The number of fused-ring (bicyclic) bond motifs is 1. The number of carbonyl (C=O) groups excluding carboxylic acids is 3. The van der Waals surface area contributed by atoms with E-state index >= 15 is 0 Å². The quantitative estimate of drug-likeness (QED) is 0.429. The van der Waals surface area contributed by atoms with Gasteiger partial charge in [-0.2, -0.15) is 0 Å². The lowest BCUT2D eigenvalue weighted by atomic mass is 10.1. The van der Waals surface area contributed by atoms with Gasteiger partial charge in [-0.25, -0.2) is 4.79 Å². The highest BCUT2D eigenvalue weighted by molar-refractivity contribution is 6.23. The molecular weight excluding hydrogens is 362 g/mol. The lowest BCUT2D eigenvalue weighted by molar-refractivity contribution is 0.0497. The number of carbonyl (C=O) groups is 3. The Morgan fingerprint density at radius 1 is 1.07 bits per heavy atom. The average Bonchev–Trinajstić information content (AvgIpc) is 2.95. The van der Waals surface area contributed by atoms with Gasteiger partial charge in [0.15, 0.2) is 0 Å². The number of aromatic nitrogens is 1. The molecule has 3 rings (SSSR count). The summed E-state index contributed by atoms with van der Waals surface area (Å²) in [6.07, 6.45) is 4.04. The summed E-state index contributed by atoms with van der Waals surface area (Å²) in [7, 11) is 0. The van der Waals surface area contributed by atoms with Crippen molar-refractivity contribution in [1.29, 1.82) is 0 Å². The third-order valence-electron chi connectivity index (χ3n) is 4.55. The summed E-state index contributed by atoms with van der Waals surface area (Å²) in [6, 6.07) is 7.19. The first kappa shape index (κ1) is 19.3. The number of benzene rings is 1. The van der Waals surface area contributed by atoms with Crippen LogP contribution in [0.1, 0.15) is 63.7 Å². The van der Waals surface area contributed by atoms with Gasteiger partial charge in [0.1, 0.15) is 5.82 Å². The number of nitrogens with zero attached hydrogens (tertiary/aromatic N) is 1. The molecule has 1 aromatic heterocycles. The second-order valence-electron chi connectivity index (χ2n) is 6.52. The van der Waals surface area contributed by atoms with E-state index in [4.69, 9.17) is 10.5 Å². The molecule has 0 aliphatic carbocycles. The summed E-state index contributed by atoms with van der Waals surface area (Å²) in [5.41, 5.74) is 6.09. The minimum atomic E-state index is -0.645. The van der Waals surface area contributed by atoms with Gasteiger partial charge in [0, 0.05) is 6.07 Å². The number of nitrogens with one attached hydrogen (secondary N) is 1. The van der Waals surface area contributed by atoms with Crippen LogP contribution in [0.5, 0.6) is 0 Å². The third-order valence-corrected chi connectivity index (χ3v) is 4.55. The smallest absolute Gasteiger partial charge is 0.338 e. The topological polar surface area (TPSA) is 120 Å². The van der Waals surface area contributed by atoms with Gasteiger partial charge >= 0.3 is 5.97 Å². The Morgan fingerprint density at radius 2 is 1.79 bits per heavy atom. The summed E-state index contributed by atoms with van der Waals surface area (Å²) in [4.78, 5) is 48.1. The summed E-state index contributed by atoms with van der Waals surface area (Å²) in [5.74, 6) is -1.86. The normalized spacial score (nSPS) is 12.6. The molecule has 0 bridgehead atoms. The molecule has 0 saturated heterocycles. The molecule has 0 unspecified atom stereocenters. The molecule has 1 aromatic carbocycles. The number of ether oxygens (including phenoxy) is 1. The number of rotatable bonds is 7. The fourth-order valence-electron chi connectivity index (χ4n) is 3.07. The molecule has 2 heterocycles. The SMILES string of the molecule is CCCCCCOC(=O)c1ccc(-n2c(N)c3c(cc2=O)C(=O)NC3=O)cc1. The number of nitrogen functional groups attached to an aromatic ring is 1. The second-order valence-corrected chi connectivity index (χ2v) is 6.52. The Labute approximate surface area is 161 Å². The maximum Gasteiger partial charge on any atom is 0.338 e. The van der Waals surface area contributed by atoms with Crippen molar-refractivity contribution in [2.75, 3.05) is 12.3 Å². The van der Waals surface area contributed by atoms with Gasteiger partial charge in [-0.15, -0.1) is 0 Å². The molecule has 3 N–H and O–H groups in total. The Kier molecular flexibility index (Phi) is 5.58. The first-order valence-electron chi connectivity index (χ1n) is 9.12. The summed E-state index contributed by atoms with van der Waals surface area (Å²) < 4.78 is 6.35. The van der Waals surface area contributed by atoms with E-state index in [1.165, 1.54) is 24.3 Å². The van der Waals surface area contributed by atoms with E-state index in [1.807, 2.05) is 0 Å². The molecular formula is C20H21N3O5. The van der Waals surface area contributed by atoms with Crippen LogP contribution in [-0.4, -0.2) is 29.0 Å². The van der Waals surface area contributed by atoms with Crippen LogP contribution in [0.15, 0.2) is 35.1 Å². The van der Waals surface area contributed by atoms with Crippen molar-refractivity contribution in [2.45, 2.75) is 32.6 Å². The fraction of sp³-hybridized carbons (Fsp3) is 0.300. The van der Waals surface area contributed by atoms with Gasteiger partial charge in [0.05, 0.1) is 29.0 Å². The van der Waals surface area contributed by atoms with Gasteiger partial charge in [0.2, 0.25) is 0 Å². The molecule has 1 aliphatic rings. The highest BCUT2D eigenvalue weighted by Crippen LogP contribution is 2.23. The first-order chi connectivity index (χ1) is 13.4. The van der Waals surface area contributed by atoms with Gasteiger partial charge in [-0.3, -0.25) is 24.3 Å². The zero-order valence-electron chi connectivity index (χ0n) is 15.5. The van der Waals surface area contributed by atoms with Crippen LogP contribution in [0.2, 0.25) is 0 Å². The van der Waals surface area contributed by atoms with Crippen molar-refractivity contribution < 1.29 is 19.1 Å². The Hall–Kier alpha value is -3.42. The van der Waals surface area contributed by atoms with Crippen molar-refractivity contribution in [2.24, 2.45) is 0 Å². The lowest BCUT2D eigenvalue weighted by Crippen LogP contribution is -2.24. The molecule has 28 heavy (non-hydrogen) atoms. The van der Waals surface area contributed by atoms with E-state index in [-0.39, 0.29) is 16.9 Å². The minimum Gasteiger partial charge on any atom is -0.462 e. The van der Waals surface area contributed by atoms with Crippen LogP contribution in [0.25, 0.3) is 5.69 Å². The molecule has 2 aromatic rings. The number of hydrogen-bond acceptors (Lipinski definition) is 6. The largest absolute Gasteiger partial charge is 0.462 e. The predicted octanol–water partition coefficient (Wildman–Crippen LogP) is 2.04. The standard InChI is InChI=1S/C20H21N3O5/c1-2-3-4-5-10-28-20(27)12-6-8-13(9-7-12)23-15(24)11-14-16(17(23)21)19(26)22-18(14)25/h6-9,11H,2-5,10,21H2,1H3,(H,22,25,26). The fourth-order valence-corrected chi connectivity index (χ4v) is 3.07. The minimum absolute atomic E-state index is 0.0276. The van der Waals surface area contributed by atoms with Gasteiger partial charge in [0.25, 0.3) is 17.4 Å². The highest BCUT2D eigenvalue weighted by Gasteiger charge is 2.31. The molecule has 0 saturated carbocycles. The highest BCUT2D eigenvalue weighted by atomic mass is 16.5. The molecule has 8 heteroatoms. The number of nitrogens with two attached hydrogens (primary N) is 1. The molecule has 8 nitrogen and oxygen atoms in total. The van der Waals surface area contributed by atoms with E-state index in [0.29, 0.717) is 17.9 Å². The Bertz CT molecular complexity index is 992. The maximum absolute atomic E-state index is 12.4. The van der Waals surface area contributed by atoms with E-state index in [2.05, 4.69) is 12.2 Å². The van der Waals surface area contributed by atoms with Crippen LogP contribution in [0, 0.1) is 0 Å². The molecule has 1 aliphatic heterocycles. The van der Waals surface area contributed by atoms with Crippen LogP contribution in [-0.2, 0) is 4.74 Å². The number of imide groups is 1. The van der Waals surface area contributed by atoms with Crippen LogP contribution in [0.3, 0.4) is 0 Å². The zero-order valence-corrected chi connectivity index (χ0v) is 15.5. The van der Waals surface area contributed by atoms with Gasteiger partial charge < -0.3 is 10.5 Å². The maximum atomic E-state index is 12.4. The number of amides is 2. The summed E-state index contributed by atoms with van der Waals surface area (Å²) in [5, 5.41) is 2.11. The summed E-state index contributed by atoms with van der Waals surface area (Å²) >= 11 is 0. The first-order valence-corrected chi connectivity index (χ1v) is 9.12. The van der Waals surface area contributed by atoms with E-state index < -0.39 is 23.3 Å².